The summed E-state index contributed by atoms with van der Waals surface area (Å²) >= 11 is 0. The number of carbonyl (C=O) groups excluding carboxylic acids is 1. The fourth-order valence-electron chi connectivity index (χ4n) is 4.46. The van der Waals surface area contributed by atoms with Crippen molar-refractivity contribution in [2.45, 2.75) is 167 Å². The van der Waals surface area contributed by atoms with Gasteiger partial charge in [0.2, 0.25) is 5.91 Å². The van der Waals surface area contributed by atoms with Crippen LogP contribution in [0.1, 0.15) is 142 Å². The SMILES string of the molecule is CCCCCCCCC/C=C/CCCC(O)C(O)C(CO)NC(=O)C(O)CCCCCCCCCC. The number of hydrogen-bond donors (Lipinski definition) is 5. The second kappa shape index (κ2) is 25.7. The lowest BCUT2D eigenvalue weighted by atomic mass is 10.00. The van der Waals surface area contributed by atoms with Gasteiger partial charge in [-0.3, -0.25) is 4.79 Å². The smallest absolute Gasteiger partial charge is 0.249 e. The van der Waals surface area contributed by atoms with E-state index in [1.807, 2.05) is 0 Å². The molecule has 6 nitrogen and oxygen atoms in total. The average molecular weight is 514 g/mol. The molecule has 5 N–H and O–H groups in total. The van der Waals surface area contributed by atoms with Crippen molar-refractivity contribution in [3.8, 4) is 0 Å². The lowest BCUT2D eigenvalue weighted by Gasteiger charge is -2.27. The number of hydrogen-bond acceptors (Lipinski definition) is 5. The van der Waals surface area contributed by atoms with Crippen LogP contribution in [-0.2, 0) is 4.79 Å². The summed E-state index contributed by atoms with van der Waals surface area (Å²) in [6, 6.07) is -0.992. The number of aliphatic hydroxyl groups is 4. The van der Waals surface area contributed by atoms with Gasteiger partial charge in [-0.15, -0.1) is 0 Å². The van der Waals surface area contributed by atoms with Gasteiger partial charge in [0, 0.05) is 0 Å². The van der Waals surface area contributed by atoms with Gasteiger partial charge in [-0.25, -0.2) is 0 Å². The Morgan fingerprint density at radius 3 is 1.67 bits per heavy atom. The van der Waals surface area contributed by atoms with Crippen LogP contribution in [0.4, 0.5) is 0 Å². The third-order valence-corrected chi connectivity index (χ3v) is 6.98. The highest BCUT2D eigenvalue weighted by molar-refractivity contribution is 5.80. The minimum absolute atomic E-state index is 0.364. The number of allylic oxidation sites excluding steroid dienone is 2. The molecule has 36 heavy (non-hydrogen) atoms. The van der Waals surface area contributed by atoms with Crippen molar-refractivity contribution < 1.29 is 25.2 Å². The monoisotopic (exact) mass is 513 g/mol. The predicted octanol–water partition coefficient (Wildman–Crippen LogP) is 5.94. The van der Waals surface area contributed by atoms with E-state index in [0.717, 1.165) is 38.5 Å². The molecular formula is C30H59NO5. The van der Waals surface area contributed by atoms with Crippen molar-refractivity contribution in [1.82, 2.24) is 5.32 Å². The maximum Gasteiger partial charge on any atom is 0.249 e. The quantitative estimate of drug-likeness (QED) is 0.0726. The molecule has 6 heteroatoms. The van der Waals surface area contributed by atoms with Crippen LogP contribution < -0.4 is 5.32 Å². The first-order valence-corrected chi connectivity index (χ1v) is 15.1. The predicted molar refractivity (Wildman–Crippen MR) is 150 cm³/mol. The maximum atomic E-state index is 12.3. The average Bonchev–Trinajstić information content (AvgIpc) is 2.88. The highest BCUT2D eigenvalue weighted by atomic mass is 16.3. The van der Waals surface area contributed by atoms with E-state index < -0.39 is 36.9 Å². The summed E-state index contributed by atoms with van der Waals surface area (Å²) in [5, 5.41) is 43.0. The lowest BCUT2D eigenvalue weighted by molar-refractivity contribution is -0.132. The van der Waals surface area contributed by atoms with Crippen molar-refractivity contribution in [3.63, 3.8) is 0 Å². The maximum absolute atomic E-state index is 12.3. The molecule has 0 radical (unpaired) electrons. The van der Waals surface area contributed by atoms with Crippen LogP contribution in [0.15, 0.2) is 12.2 Å². The molecule has 4 atom stereocenters. The molecule has 0 heterocycles. The normalized spacial score (nSPS) is 15.2. The number of amides is 1. The van der Waals surface area contributed by atoms with E-state index >= 15 is 0 Å². The summed E-state index contributed by atoms with van der Waals surface area (Å²) in [4.78, 5) is 12.3. The first kappa shape index (κ1) is 35.0. The zero-order valence-electron chi connectivity index (χ0n) is 23.5. The molecule has 1 amide bonds. The van der Waals surface area contributed by atoms with Gasteiger partial charge in [0.25, 0.3) is 0 Å². The van der Waals surface area contributed by atoms with Crippen molar-refractivity contribution in [2.75, 3.05) is 6.61 Å². The molecule has 0 aromatic heterocycles. The van der Waals surface area contributed by atoms with Gasteiger partial charge in [-0.2, -0.15) is 0 Å². The van der Waals surface area contributed by atoms with Crippen LogP contribution in [0.5, 0.6) is 0 Å². The fraction of sp³-hybridized carbons (Fsp3) is 0.900. The van der Waals surface area contributed by atoms with E-state index in [1.54, 1.807) is 0 Å². The molecule has 0 fully saturated rings. The Morgan fingerprint density at radius 1 is 0.667 bits per heavy atom. The first-order chi connectivity index (χ1) is 17.5. The van der Waals surface area contributed by atoms with E-state index in [4.69, 9.17) is 0 Å². The largest absolute Gasteiger partial charge is 0.394 e. The molecule has 0 aliphatic carbocycles. The van der Waals surface area contributed by atoms with Crippen LogP contribution >= 0.6 is 0 Å². The highest BCUT2D eigenvalue weighted by Crippen LogP contribution is 2.13. The van der Waals surface area contributed by atoms with Crippen molar-refractivity contribution in [2.24, 2.45) is 0 Å². The standard InChI is InChI=1S/C30H59NO5/c1-3-5-7-9-11-13-14-15-16-18-19-21-23-27(33)29(35)26(25-32)31-30(36)28(34)24-22-20-17-12-10-8-6-4-2/h16,18,26-29,32-35H,3-15,17,19-25H2,1-2H3,(H,31,36)/b18-16+. The summed E-state index contributed by atoms with van der Waals surface area (Å²) in [6.45, 7) is 3.94. The van der Waals surface area contributed by atoms with E-state index in [2.05, 4.69) is 31.3 Å². The Labute approximate surface area is 222 Å². The van der Waals surface area contributed by atoms with Gasteiger partial charge in [0.15, 0.2) is 0 Å². The van der Waals surface area contributed by atoms with Crippen LogP contribution in [0.2, 0.25) is 0 Å². The first-order valence-electron chi connectivity index (χ1n) is 15.1. The van der Waals surface area contributed by atoms with E-state index in [1.165, 1.54) is 77.0 Å². The minimum Gasteiger partial charge on any atom is -0.394 e. The number of rotatable bonds is 26. The topological polar surface area (TPSA) is 110 Å². The Kier molecular flexibility index (Phi) is 25.0. The summed E-state index contributed by atoms with van der Waals surface area (Å²) in [5.41, 5.74) is 0. The van der Waals surface area contributed by atoms with E-state index in [0.29, 0.717) is 12.8 Å². The summed E-state index contributed by atoms with van der Waals surface area (Å²) in [5.74, 6) is -0.600. The lowest BCUT2D eigenvalue weighted by Crippen LogP contribution is -2.53. The third kappa shape index (κ3) is 20.1. The van der Waals surface area contributed by atoms with Crippen molar-refractivity contribution in [3.05, 3.63) is 12.2 Å². The van der Waals surface area contributed by atoms with E-state index in [9.17, 15) is 25.2 Å². The van der Waals surface area contributed by atoms with Gasteiger partial charge >= 0.3 is 0 Å². The van der Waals surface area contributed by atoms with Crippen LogP contribution in [-0.4, -0.2) is 57.3 Å². The second-order valence-electron chi connectivity index (χ2n) is 10.4. The van der Waals surface area contributed by atoms with Crippen LogP contribution in [0.3, 0.4) is 0 Å². The van der Waals surface area contributed by atoms with Gasteiger partial charge in [-0.05, 0) is 38.5 Å². The van der Waals surface area contributed by atoms with E-state index in [-0.39, 0.29) is 0 Å². The Morgan fingerprint density at radius 2 is 1.14 bits per heavy atom. The molecule has 0 saturated carbocycles. The summed E-state index contributed by atoms with van der Waals surface area (Å²) < 4.78 is 0. The van der Waals surface area contributed by atoms with Gasteiger partial charge in [-0.1, -0.05) is 116 Å². The fourth-order valence-corrected chi connectivity index (χ4v) is 4.46. The highest BCUT2D eigenvalue weighted by Gasteiger charge is 2.28. The van der Waals surface area contributed by atoms with Crippen LogP contribution in [0.25, 0.3) is 0 Å². The second-order valence-corrected chi connectivity index (χ2v) is 10.4. The Hall–Kier alpha value is -0.950. The molecule has 0 saturated heterocycles. The molecule has 0 aromatic rings. The molecule has 0 aliphatic heterocycles. The number of carbonyl (C=O) groups is 1. The zero-order chi connectivity index (χ0) is 26.9. The molecule has 214 valence electrons. The molecular weight excluding hydrogens is 454 g/mol. The van der Waals surface area contributed by atoms with Gasteiger partial charge < -0.3 is 25.7 Å². The molecule has 0 bridgehead atoms. The summed E-state index contributed by atoms with van der Waals surface area (Å²) in [6.07, 6.45) is 22.4. The molecule has 0 rings (SSSR count). The van der Waals surface area contributed by atoms with Crippen LogP contribution in [0, 0.1) is 0 Å². The minimum atomic E-state index is -1.27. The molecule has 0 aliphatic rings. The Bertz CT molecular complexity index is 514. The number of nitrogens with one attached hydrogen (secondary N) is 1. The molecule has 0 spiro atoms. The van der Waals surface area contributed by atoms with Gasteiger partial charge in [0.05, 0.1) is 18.8 Å². The molecule has 0 aromatic carbocycles. The van der Waals surface area contributed by atoms with Gasteiger partial charge in [0.1, 0.15) is 12.2 Å². The summed E-state index contributed by atoms with van der Waals surface area (Å²) in [7, 11) is 0. The number of unbranched alkanes of at least 4 members (excludes halogenated alkanes) is 15. The Balaban J connectivity index is 3.98. The third-order valence-electron chi connectivity index (χ3n) is 6.98. The van der Waals surface area contributed by atoms with Crippen molar-refractivity contribution in [1.29, 1.82) is 0 Å². The van der Waals surface area contributed by atoms with Crippen molar-refractivity contribution >= 4 is 5.91 Å². The number of aliphatic hydroxyl groups excluding tert-OH is 4. The molecule has 4 unspecified atom stereocenters. The zero-order valence-corrected chi connectivity index (χ0v) is 23.5.